The minimum Gasteiger partial charge on any atom is -0.405 e. The van der Waals surface area contributed by atoms with Crippen LogP contribution in [0, 0.1) is 13.8 Å². The second-order valence-electron chi connectivity index (χ2n) is 5.98. The maximum absolute atomic E-state index is 12.5. The van der Waals surface area contributed by atoms with Gasteiger partial charge in [-0.1, -0.05) is 18.2 Å². The lowest BCUT2D eigenvalue weighted by molar-refractivity contribution is -0.274. The molecule has 0 saturated carbocycles. The normalized spacial score (nSPS) is 11.8. The van der Waals surface area contributed by atoms with Gasteiger partial charge in [0.1, 0.15) is 5.75 Å². The highest BCUT2D eigenvalue weighted by Crippen LogP contribution is 2.26. The van der Waals surface area contributed by atoms with Gasteiger partial charge in [-0.25, -0.2) is 4.99 Å². The number of rotatable bonds is 6. The number of guanidine groups is 1. The van der Waals surface area contributed by atoms with Crippen LogP contribution in [0.5, 0.6) is 5.75 Å². The molecule has 2 aromatic rings. The van der Waals surface area contributed by atoms with E-state index in [4.69, 9.17) is 0 Å². The second kappa shape index (κ2) is 10.5. The number of para-hydroxylation sites is 1. The van der Waals surface area contributed by atoms with Gasteiger partial charge in [0.15, 0.2) is 5.96 Å². The standard InChI is InChI=1S/C18H24F3N5O.HI/c1-5-22-17(24-11-15-12(2)25-26(4)13(15)3)23-10-14-8-6-7-9-16(14)27-18(19,20)21;/h6-9H,5,10-11H2,1-4H3,(H2,22,23,24);1H. The molecular formula is C18H25F3IN5O. The van der Waals surface area contributed by atoms with E-state index in [0.29, 0.717) is 24.6 Å². The lowest BCUT2D eigenvalue weighted by Crippen LogP contribution is -2.37. The zero-order valence-electron chi connectivity index (χ0n) is 16.2. The first-order valence-electron chi connectivity index (χ1n) is 8.56. The molecule has 1 heterocycles. The zero-order valence-corrected chi connectivity index (χ0v) is 18.6. The maximum Gasteiger partial charge on any atom is 0.573 e. The lowest BCUT2D eigenvalue weighted by Gasteiger charge is -2.14. The van der Waals surface area contributed by atoms with E-state index in [9.17, 15) is 13.2 Å². The van der Waals surface area contributed by atoms with Gasteiger partial charge in [-0.2, -0.15) is 5.10 Å². The summed E-state index contributed by atoms with van der Waals surface area (Å²) in [6.07, 6.45) is -4.74. The molecule has 2 N–H and O–H groups in total. The Morgan fingerprint density at radius 3 is 2.46 bits per heavy atom. The van der Waals surface area contributed by atoms with Crippen molar-refractivity contribution in [2.75, 3.05) is 6.54 Å². The van der Waals surface area contributed by atoms with Crippen LogP contribution >= 0.6 is 24.0 Å². The summed E-state index contributed by atoms with van der Waals surface area (Å²) in [7, 11) is 1.88. The molecule has 0 aliphatic rings. The third-order valence-corrected chi connectivity index (χ3v) is 4.04. The molecule has 0 atom stereocenters. The number of aliphatic imine (C=N–C) groups is 1. The molecule has 10 heteroatoms. The summed E-state index contributed by atoms with van der Waals surface area (Å²) in [4.78, 5) is 4.38. The van der Waals surface area contributed by atoms with Gasteiger partial charge in [-0.3, -0.25) is 4.68 Å². The quantitative estimate of drug-likeness (QED) is 0.352. The summed E-state index contributed by atoms with van der Waals surface area (Å²) in [6.45, 7) is 7.01. The summed E-state index contributed by atoms with van der Waals surface area (Å²) in [6, 6.07) is 5.98. The molecule has 1 aromatic carbocycles. The molecule has 0 radical (unpaired) electrons. The largest absolute Gasteiger partial charge is 0.573 e. The van der Waals surface area contributed by atoms with Crippen LogP contribution in [0.1, 0.15) is 29.4 Å². The molecule has 0 aliphatic carbocycles. The first kappa shape index (κ1) is 24.1. The van der Waals surface area contributed by atoms with E-state index < -0.39 is 6.36 Å². The Morgan fingerprint density at radius 2 is 1.89 bits per heavy atom. The van der Waals surface area contributed by atoms with E-state index >= 15 is 0 Å². The Kier molecular flexibility index (Phi) is 9.05. The number of hydrogen-bond donors (Lipinski definition) is 2. The number of aromatic nitrogens is 2. The van der Waals surface area contributed by atoms with E-state index in [2.05, 4.69) is 25.5 Å². The molecule has 0 fully saturated rings. The van der Waals surface area contributed by atoms with Gasteiger partial charge < -0.3 is 15.4 Å². The summed E-state index contributed by atoms with van der Waals surface area (Å²) >= 11 is 0. The number of nitrogens with one attached hydrogen (secondary N) is 2. The molecule has 28 heavy (non-hydrogen) atoms. The van der Waals surface area contributed by atoms with Crippen molar-refractivity contribution in [2.45, 2.75) is 40.2 Å². The van der Waals surface area contributed by atoms with Crippen molar-refractivity contribution in [3.8, 4) is 5.75 Å². The predicted molar refractivity (Wildman–Crippen MR) is 113 cm³/mol. The molecule has 0 unspecified atom stereocenters. The van der Waals surface area contributed by atoms with E-state index in [1.807, 2.05) is 27.8 Å². The van der Waals surface area contributed by atoms with E-state index in [0.717, 1.165) is 17.0 Å². The van der Waals surface area contributed by atoms with Crippen molar-refractivity contribution in [3.63, 3.8) is 0 Å². The molecule has 2 rings (SSSR count). The van der Waals surface area contributed by atoms with Gasteiger partial charge in [-0.15, -0.1) is 37.1 Å². The molecule has 0 aliphatic heterocycles. The zero-order chi connectivity index (χ0) is 20.0. The van der Waals surface area contributed by atoms with Crippen LogP contribution in [-0.2, 0) is 20.1 Å². The van der Waals surface area contributed by atoms with Crippen molar-refractivity contribution in [1.29, 1.82) is 0 Å². The molecule has 156 valence electrons. The highest BCUT2D eigenvalue weighted by Gasteiger charge is 2.31. The fraction of sp³-hybridized carbons (Fsp3) is 0.444. The third-order valence-electron chi connectivity index (χ3n) is 4.04. The van der Waals surface area contributed by atoms with Crippen molar-refractivity contribution >= 4 is 29.9 Å². The molecule has 1 aromatic heterocycles. The Bertz CT molecular complexity index is 805. The summed E-state index contributed by atoms with van der Waals surface area (Å²) < 4.78 is 43.5. The van der Waals surface area contributed by atoms with Gasteiger partial charge in [0.25, 0.3) is 0 Å². The number of ether oxygens (including phenoxy) is 1. The fourth-order valence-electron chi connectivity index (χ4n) is 2.61. The van der Waals surface area contributed by atoms with Crippen LogP contribution in [0.2, 0.25) is 0 Å². The summed E-state index contributed by atoms with van der Waals surface area (Å²) in [5, 5.41) is 10.6. The Balaban J connectivity index is 0.00000392. The minimum atomic E-state index is -4.74. The number of benzene rings is 1. The molecule has 0 amide bonds. The number of hydrogen-bond acceptors (Lipinski definition) is 3. The maximum atomic E-state index is 12.5. The van der Waals surface area contributed by atoms with Crippen molar-refractivity contribution in [2.24, 2.45) is 12.0 Å². The van der Waals surface area contributed by atoms with Crippen molar-refractivity contribution in [1.82, 2.24) is 20.4 Å². The Morgan fingerprint density at radius 1 is 1.21 bits per heavy atom. The number of halogens is 4. The van der Waals surface area contributed by atoms with E-state index in [-0.39, 0.29) is 36.3 Å². The summed E-state index contributed by atoms with van der Waals surface area (Å²) in [5.74, 6) is 0.255. The number of alkyl halides is 3. The van der Waals surface area contributed by atoms with Crippen molar-refractivity contribution < 1.29 is 17.9 Å². The second-order valence-corrected chi connectivity index (χ2v) is 5.98. The van der Waals surface area contributed by atoms with Crippen LogP contribution in [0.15, 0.2) is 29.3 Å². The summed E-state index contributed by atoms with van der Waals surface area (Å²) in [5.41, 5.74) is 3.37. The average molecular weight is 511 g/mol. The van der Waals surface area contributed by atoms with Crippen molar-refractivity contribution in [3.05, 3.63) is 46.8 Å². The Hall–Kier alpha value is -1.98. The first-order chi connectivity index (χ1) is 12.7. The minimum absolute atomic E-state index is 0. The molecule has 0 bridgehead atoms. The van der Waals surface area contributed by atoms with Gasteiger partial charge in [0.05, 0.1) is 12.2 Å². The highest BCUT2D eigenvalue weighted by molar-refractivity contribution is 14.0. The van der Waals surface area contributed by atoms with Crippen LogP contribution in [0.25, 0.3) is 0 Å². The van der Waals surface area contributed by atoms with Gasteiger partial charge in [0, 0.05) is 37.0 Å². The monoisotopic (exact) mass is 511 g/mol. The predicted octanol–water partition coefficient (Wildman–Crippen LogP) is 3.81. The number of aryl methyl sites for hydroxylation is 2. The first-order valence-corrected chi connectivity index (χ1v) is 8.56. The fourth-order valence-corrected chi connectivity index (χ4v) is 2.61. The van der Waals surface area contributed by atoms with E-state index in [1.54, 1.807) is 16.8 Å². The Labute approximate surface area is 179 Å². The average Bonchev–Trinajstić information content (AvgIpc) is 2.82. The molecular weight excluding hydrogens is 486 g/mol. The van der Waals surface area contributed by atoms with Crippen LogP contribution in [-0.4, -0.2) is 28.6 Å². The van der Waals surface area contributed by atoms with E-state index in [1.165, 1.54) is 12.1 Å². The molecule has 6 nitrogen and oxygen atoms in total. The number of nitrogens with zero attached hydrogens (tertiary/aromatic N) is 3. The van der Waals surface area contributed by atoms with Crippen LogP contribution in [0.3, 0.4) is 0 Å². The molecule has 0 spiro atoms. The van der Waals surface area contributed by atoms with Gasteiger partial charge >= 0.3 is 6.36 Å². The van der Waals surface area contributed by atoms with Gasteiger partial charge in [-0.05, 0) is 26.8 Å². The molecule has 0 saturated heterocycles. The SMILES string of the molecule is CCNC(=NCc1ccccc1OC(F)(F)F)NCc1c(C)nn(C)c1C.I. The lowest BCUT2D eigenvalue weighted by atomic mass is 10.2. The highest BCUT2D eigenvalue weighted by atomic mass is 127. The van der Waals surface area contributed by atoms with Crippen LogP contribution < -0.4 is 15.4 Å². The van der Waals surface area contributed by atoms with Crippen LogP contribution in [0.4, 0.5) is 13.2 Å². The van der Waals surface area contributed by atoms with Gasteiger partial charge in [0.2, 0.25) is 0 Å². The smallest absolute Gasteiger partial charge is 0.405 e. The topological polar surface area (TPSA) is 63.5 Å². The third kappa shape index (κ3) is 6.88.